The maximum absolute atomic E-state index is 14.1. The summed E-state index contributed by atoms with van der Waals surface area (Å²) in [7, 11) is 0. The minimum absolute atomic E-state index is 0.0790. The second-order valence-corrected chi connectivity index (χ2v) is 11.4. The van der Waals surface area contributed by atoms with Gasteiger partial charge in [0.05, 0.1) is 17.4 Å². The number of carbonyl (C=O) groups excluding carboxylic acids is 3. The van der Waals surface area contributed by atoms with E-state index >= 15 is 0 Å². The summed E-state index contributed by atoms with van der Waals surface area (Å²) in [4.78, 5) is 43.5. The molecule has 3 N–H and O–H groups in total. The third kappa shape index (κ3) is 4.35. The number of unbranched alkanes of at least 4 members (excludes halogenated alkanes) is 2. The normalized spacial score (nSPS) is 28.6. The van der Waals surface area contributed by atoms with Crippen molar-refractivity contribution in [3.8, 4) is 0 Å². The predicted octanol–water partition coefficient (Wildman–Crippen LogP) is 4.34. The summed E-state index contributed by atoms with van der Waals surface area (Å²) in [6.07, 6.45) is 3.11. The maximum atomic E-state index is 14.1. The van der Waals surface area contributed by atoms with Gasteiger partial charge in [-0.15, -0.1) is 0 Å². The number of nitrogens with one attached hydrogen (secondary N) is 2. The van der Waals surface area contributed by atoms with E-state index in [1.54, 1.807) is 4.90 Å². The lowest BCUT2D eigenvalue weighted by atomic mass is 9.66. The Kier molecular flexibility index (Phi) is 6.84. The first-order chi connectivity index (χ1) is 19.4. The smallest absolute Gasteiger partial charge is 0.250 e. The molecule has 8 nitrogen and oxygen atoms in total. The van der Waals surface area contributed by atoms with Crippen molar-refractivity contribution in [3.63, 3.8) is 0 Å². The topological polar surface area (TPSA) is 108 Å². The Morgan fingerprint density at radius 3 is 2.40 bits per heavy atom. The van der Waals surface area contributed by atoms with Crippen LogP contribution in [0.25, 0.3) is 10.8 Å². The van der Waals surface area contributed by atoms with Crippen LogP contribution < -0.4 is 10.6 Å². The van der Waals surface area contributed by atoms with Crippen LogP contribution in [-0.4, -0.2) is 58.1 Å². The zero-order chi connectivity index (χ0) is 27.9. The summed E-state index contributed by atoms with van der Waals surface area (Å²) in [6, 6.07) is 22.0. The van der Waals surface area contributed by atoms with E-state index in [0.717, 1.165) is 17.2 Å². The van der Waals surface area contributed by atoms with E-state index in [1.807, 2.05) is 79.7 Å². The number of fused-ring (bicyclic) bond motifs is 2. The van der Waals surface area contributed by atoms with E-state index in [2.05, 4.69) is 10.6 Å². The van der Waals surface area contributed by atoms with Gasteiger partial charge in [-0.2, -0.15) is 0 Å². The largest absolute Gasteiger partial charge is 0.396 e. The highest BCUT2D eigenvalue weighted by Gasteiger charge is 2.77. The number of hydrogen-bond acceptors (Lipinski definition) is 5. The highest BCUT2D eigenvalue weighted by Crippen LogP contribution is 2.63. The van der Waals surface area contributed by atoms with Crippen molar-refractivity contribution < 1.29 is 24.2 Å². The van der Waals surface area contributed by atoms with Crippen molar-refractivity contribution in [1.29, 1.82) is 0 Å². The zero-order valence-electron chi connectivity index (χ0n) is 22.6. The Morgan fingerprint density at radius 1 is 0.900 bits per heavy atom. The number of carbonyl (C=O) groups is 3. The van der Waals surface area contributed by atoms with Gasteiger partial charge in [-0.25, -0.2) is 0 Å². The molecule has 0 aliphatic carbocycles. The number of likely N-dealkylation sites (tertiary alicyclic amines) is 1. The molecule has 2 unspecified atom stereocenters. The average Bonchev–Trinajstić information content (AvgIpc) is 3.52. The van der Waals surface area contributed by atoms with Gasteiger partial charge >= 0.3 is 0 Å². The van der Waals surface area contributed by atoms with Gasteiger partial charge in [-0.05, 0) is 74.1 Å². The SMILES string of the molecule is C[C@@]12CCC3(O1)C(C(=O)Nc1ccc4ccccc4c1)N(CCCCCO)C(=O)[C@@H]3[C@@H]2C(=O)Nc1ccccc1. The van der Waals surface area contributed by atoms with Gasteiger partial charge in [0.25, 0.3) is 0 Å². The quantitative estimate of drug-likeness (QED) is 0.349. The molecule has 3 heterocycles. The summed E-state index contributed by atoms with van der Waals surface area (Å²) in [5.41, 5.74) is -0.621. The van der Waals surface area contributed by atoms with Crippen molar-refractivity contribution in [1.82, 2.24) is 4.90 Å². The first kappa shape index (κ1) is 26.5. The van der Waals surface area contributed by atoms with Gasteiger partial charge in [-0.1, -0.05) is 48.5 Å². The molecule has 3 aliphatic rings. The van der Waals surface area contributed by atoms with Gasteiger partial charge in [0.15, 0.2) is 0 Å². The monoisotopic (exact) mass is 541 g/mol. The first-order valence-corrected chi connectivity index (χ1v) is 14.1. The van der Waals surface area contributed by atoms with Crippen LogP contribution in [0.2, 0.25) is 0 Å². The number of aliphatic hydroxyl groups is 1. The minimum Gasteiger partial charge on any atom is -0.396 e. The van der Waals surface area contributed by atoms with Crippen LogP contribution in [0, 0.1) is 11.8 Å². The summed E-state index contributed by atoms with van der Waals surface area (Å²) in [5, 5.41) is 17.4. The minimum atomic E-state index is -1.08. The standard InChI is InChI=1S/C32H35N3O5/c1-31-16-17-32(40-31)26(25(31)28(37)33-23-12-4-2-5-13-23)30(39)35(18-8-3-9-19-36)27(32)29(38)34-24-15-14-21-10-6-7-11-22(21)20-24/h2,4-7,10-15,20,25-27,36H,3,8-9,16-19H2,1H3,(H,33,37)(H,34,38)/t25-,26+,27?,31+,32?/m1/s1. The molecule has 3 aromatic carbocycles. The van der Waals surface area contributed by atoms with E-state index in [1.165, 1.54) is 0 Å². The van der Waals surface area contributed by atoms with Crippen molar-refractivity contribution in [2.45, 2.75) is 56.3 Å². The van der Waals surface area contributed by atoms with E-state index in [9.17, 15) is 19.5 Å². The molecule has 2 bridgehead atoms. The van der Waals surface area contributed by atoms with E-state index in [0.29, 0.717) is 43.6 Å². The number of anilines is 2. The number of hydrogen-bond donors (Lipinski definition) is 3. The number of nitrogens with zero attached hydrogens (tertiary/aromatic N) is 1. The van der Waals surface area contributed by atoms with Crippen LogP contribution in [0.4, 0.5) is 11.4 Å². The second-order valence-electron chi connectivity index (χ2n) is 11.4. The van der Waals surface area contributed by atoms with Gasteiger partial charge in [-0.3, -0.25) is 14.4 Å². The van der Waals surface area contributed by atoms with Gasteiger partial charge in [0, 0.05) is 24.5 Å². The Balaban J connectivity index is 1.32. The molecule has 5 atom stereocenters. The van der Waals surface area contributed by atoms with Crippen LogP contribution in [0.15, 0.2) is 72.8 Å². The zero-order valence-corrected chi connectivity index (χ0v) is 22.6. The number of aliphatic hydroxyl groups excluding tert-OH is 1. The highest BCUT2D eigenvalue weighted by atomic mass is 16.5. The van der Waals surface area contributed by atoms with Crippen LogP contribution in [-0.2, 0) is 19.1 Å². The third-order valence-electron chi connectivity index (χ3n) is 8.92. The summed E-state index contributed by atoms with van der Waals surface area (Å²) < 4.78 is 6.69. The molecule has 0 aromatic heterocycles. The molecule has 40 heavy (non-hydrogen) atoms. The summed E-state index contributed by atoms with van der Waals surface area (Å²) in [6.45, 7) is 2.34. The fourth-order valence-corrected chi connectivity index (χ4v) is 7.16. The van der Waals surface area contributed by atoms with E-state index in [4.69, 9.17) is 4.74 Å². The third-order valence-corrected chi connectivity index (χ3v) is 8.92. The lowest BCUT2D eigenvalue weighted by Gasteiger charge is -2.33. The van der Waals surface area contributed by atoms with Crippen molar-refractivity contribution in [3.05, 3.63) is 72.8 Å². The molecule has 0 radical (unpaired) electrons. The molecule has 3 saturated heterocycles. The molecule has 1 spiro atoms. The molecule has 3 fully saturated rings. The number of ether oxygens (including phenoxy) is 1. The maximum Gasteiger partial charge on any atom is 0.250 e. The fraction of sp³-hybridized carbons (Fsp3) is 0.406. The molecule has 3 aromatic rings. The number of benzene rings is 3. The number of para-hydroxylation sites is 1. The number of rotatable bonds is 9. The molecule has 3 amide bonds. The molecular weight excluding hydrogens is 506 g/mol. The molecular formula is C32H35N3O5. The first-order valence-electron chi connectivity index (χ1n) is 14.1. The second kappa shape index (κ2) is 10.3. The van der Waals surface area contributed by atoms with E-state index in [-0.39, 0.29) is 24.3 Å². The van der Waals surface area contributed by atoms with Gasteiger partial charge in [0.2, 0.25) is 17.7 Å². The summed E-state index contributed by atoms with van der Waals surface area (Å²) in [5.74, 6) is -2.24. The Hall–Kier alpha value is -3.75. The molecule has 3 aliphatic heterocycles. The lowest BCUT2D eigenvalue weighted by Crippen LogP contribution is -2.53. The Morgan fingerprint density at radius 2 is 1.62 bits per heavy atom. The van der Waals surface area contributed by atoms with Crippen molar-refractivity contribution in [2.75, 3.05) is 23.8 Å². The van der Waals surface area contributed by atoms with Crippen LogP contribution in [0.5, 0.6) is 0 Å². The molecule has 208 valence electrons. The fourth-order valence-electron chi connectivity index (χ4n) is 7.16. The Bertz CT molecular complexity index is 1440. The van der Waals surface area contributed by atoms with Gasteiger partial charge in [0.1, 0.15) is 11.6 Å². The van der Waals surface area contributed by atoms with Crippen molar-refractivity contribution >= 4 is 39.9 Å². The Labute approximate surface area is 233 Å². The lowest BCUT2D eigenvalue weighted by molar-refractivity contribution is -0.143. The summed E-state index contributed by atoms with van der Waals surface area (Å²) >= 11 is 0. The van der Waals surface area contributed by atoms with E-state index < -0.39 is 29.1 Å². The van der Waals surface area contributed by atoms with Crippen LogP contribution in [0.3, 0.4) is 0 Å². The van der Waals surface area contributed by atoms with Crippen molar-refractivity contribution in [2.24, 2.45) is 11.8 Å². The van der Waals surface area contributed by atoms with Crippen LogP contribution >= 0.6 is 0 Å². The van der Waals surface area contributed by atoms with Gasteiger partial charge < -0.3 is 25.4 Å². The average molecular weight is 542 g/mol. The molecule has 6 rings (SSSR count). The molecule has 8 heteroatoms. The highest BCUT2D eigenvalue weighted by molar-refractivity contribution is 6.05. The number of amides is 3. The molecule has 0 saturated carbocycles. The predicted molar refractivity (Wildman–Crippen MR) is 153 cm³/mol. The van der Waals surface area contributed by atoms with Crippen LogP contribution in [0.1, 0.15) is 39.0 Å².